The fraction of sp³-hybridized carbons (Fsp3) is 0.200. The summed E-state index contributed by atoms with van der Waals surface area (Å²) in [6.45, 7) is 0.519. The molecule has 4 heteroatoms. The van der Waals surface area contributed by atoms with Gasteiger partial charge in [-0.3, -0.25) is 0 Å². The van der Waals surface area contributed by atoms with Crippen molar-refractivity contribution in [3.63, 3.8) is 0 Å². The van der Waals surface area contributed by atoms with Gasteiger partial charge in [-0.1, -0.05) is 30.3 Å². The lowest BCUT2D eigenvalue weighted by Crippen LogP contribution is -2.03. The minimum Gasteiger partial charge on any atom is -0.478 e. The predicted molar refractivity (Wildman–Crippen MR) is 71.5 cm³/mol. The highest BCUT2D eigenvalue weighted by Gasteiger charge is 2.04. The third-order valence-electron chi connectivity index (χ3n) is 2.68. The molecule has 1 aromatic carbocycles. The summed E-state index contributed by atoms with van der Waals surface area (Å²) < 4.78 is 5.44. The van der Waals surface area contributed by atoms with Gasteiger partial charge in [-0.2, -0.15) is 0 Å². The van der Waals surface area contributed by atoms with Gasteiger partial charge in [0.2, 0.25) is 5.88 Å². The number of carboxylic acid groups (broad SMARTS) is 1. The number of aryl methyl sites for hydroxylation is 1. The summed E-state index contributed by atoms with van der Waals surface area (Å²) in [6, 6.07) is 13.0. The first-order chi connectivity index (χ1) is 9.25. The van der Waals surface area contributed by atoms with E-state index in [1.807, 2.05) is 18.2 Å². The van der Waals surface area contributed by atoms with Crippen molar-refractivity contribution in [2.24, 2.45) is 0 Å². The molecule has 0 aliphatic rings. The Hall–Kier alpha value is -2.36. The van der Waals surface area contributed by atoms with Crippen LogP contribution in [0.1, 0.15) is 22.3 Å². The number of carboxylic acids is 1. The number of rotatable bonds is 6. The van der Waals surface area contributed by atoms with E-state index in [2.05, 4.69) is 17.1 Å². The van der Waals surface area contributed by atoms with E-state index in [0.717, 1.165) is 12.8 Å². The minimum atomic E-state index is -0.975. The Morgan fingerprint density at radius 2 is 2.00 bits per heavy atom. The zero-order valence-electron chi connectivity index (χ0n) is 10.5. The fourth-order valence-electron chi connectivity index (χ4n) is 1.72. The van der Waals surface area contributed by atoms with Gasteiger partial charge in [0.25, 0.3) is 0 Å². The molecule has 2 aromatic rings. The first kappa shape index (κ1) is 13.1. The van der Waals surface area contributed by atoms with Crippen LogP contribution in [0.2, 0.25) is 0 Å². The van der Waals surface area contributed by atoms with Gasteiger partial charge < -0.3 is 9.84 Å². The van der Waals surface area contributed by atoms with Crippen LogP contribution < -0.4 is 4.74 Å². The molecule has 0 fully saturated rings. The van der Waals surface area contributed by atoms with Crippen molar-refractivity contribution in [2.75, 3.05) is 6.61 Å². The molecule has 0 aliphatic carbocycles. The number of benzene rings is 1. The van der Waals surface area contributed by atoms with Crippen LogP contribution in [-0.4, -0.2) is 22.7 Å². The summed E-state index contributed by atoms with van der Waals surface area (Å²) in [5.41, 5.74) is 1.45. The molecule has 0 spiro atoms. The van der Waals surface area contributed by atoms with Crippen molar-refractivity contribution in [1.29, 1.82) is 0 Å². The first-order valence-electron chi connectivity index (χ1n) is 6.12. The maximum atomic E-state index is 10.8. The number of aromatic nitrogens is 1. The van der Waals surface area contributed by atoms with E-state index >= 15 is 0 Å². The predicted octanol–water partition coefficient (Wildman–Crippen LogP) is 2.79. The summed E-state index contributed by atoms with van der Waals surface area (Å²) in [6.07, 6.45) is 3.23. The Balaban J connectivity index is 1.80. The number of hydrogen-bond donors (Lipinski definition) is 1. The molecule has 1 aromatic heterocycles. The Kier molecular flexibility index (Phi) is 4.50. The molecule has 2 rings (SSSR count). The number of pyridine rings is 1. The van der Waals surface area contributed by atoms with E-state index in [4.69, 9.17) is 9.84 Å². The topological polar surface area (TPSA) is 59.4 Å². The molecule has 0 radical (unpaired) electrons. The summed E-state index contributed by atoms with van der Waals surface area (Å²) in [5.74, 6) is -0.621. The second-order valence-electron chi connectivity index (χ2n) is 4.13. The standard InChI is InChI=1S/C15H15NO3/c17-15(18)13-8-9-16-14(11-13)19-10-4-7-12-5-2-1-3-6-12/h1-3,5-6,8-9,11H,4,7,10H2,(H,17,18). The molecule has 0 unspecified atom stereocenters. The van der Waals surface area contributed by atoms with E-state index in [-0.39, 0.29) is 5.56 Å². The molecule has 19 heavy (non-hydrogen) atoms. The highest BCUT2D eigenvalue weighted by molar-refractivity contribution is 5.87. The lowest BCUT2D eigenvalue weighted by atomic mass is 10.1. The summed E-state index contributed by atoms with van der Waals surface area (Å²) >= 11 is 0. The number of ether oxygens (including phenoxy) is 1. The maximum Gasteiger partial charge on any atom is 0.335 e. The SMILES string of the molecule is O=C(O)c1ccnc(OCCCc2ccccc2)c1. The van der Waals surface area contributed by atoms with Crippen molar-refractivity contribution < 1.29 is 14.6 Å². The summed E-state index contributed by atoms with van der Waals surface area (Å²) in [4.78, 5) is 14.8. The lowest BCUT2D eigenvalue weighted by molar-refractivity contribution is 0.0696. The third kappa shape index (κ3) is 4.10. The van der Waals surface area contributed by atoms with Crippen LogP contribution in [0.5, 0.6) is 5.88 Å². The quantitative estimate of drug-likeness (QED) is 0.808. The lowest BCUT2D eigenvalue weighted by Gasteiger charge is -2.05. The molecule has 0 amide bonds. The van der Waals surface area contributed by atoms with Crippen LogP contribution >= 0.6 is 0 Å². The Morgan fingerprint density at radius 3 is 2.74 bits per heavy atom. The first-order valence-corrected chi connectivity index (χ1v) is 6.12. The molecule has 0 saturated heterocycles. The van der Waals surface area contributed by atoms with Crippen LogP contribution in [0.25, 0.3) is 0 Å². The second kappa shape index (κ2) is 6.54. The van der Waals surface area contributed by atoms with E-state index < -0.39 is 5.97 Å². The van der Waals surface area contributed by atoms with E-state index in [0.29, 0.717) is 12.5 Å². The van der Waals surface area contributed by atoms with Crippen LogP contribution in [0.4, 0.5) is 0 Å². The zero-order valence-corrected chi connectivity index (χ0v) is 10.5. The Labute approximate surface area is 111 Å². The molecule has 0 saturated carbocycles. The van der Waals surface area contributed by atoms with Crippen LogP contribution in [0, 0.1) is 0 Å². The fourth-order valence-corrected chi connectivity index (χ4v) is 1.72. The van der Waals surface area contributed by atoms with Crippen molar-refractivity contribution >= 4 is 5.97 Å². The molecule has 0 bridgehead atoms. The van der Waals surface area contributed by atoms with Crippen molar-refractivity contribution in [1.82, 2.24) is 4.98 Å². The number of carbonyl (C=O) groups is 1. The number of aromatic carboxylic acids is 1. The normalized spacial score (nSPS) is 10.1. The second-order valence-corrected chi connectivity index (χ2v) is 4.13. The van der Waals surface area contributed by atoms with Gasteiger partial charge in [0.15, 0.2) is 0 Å². The molecule has 98 valence electrons. The number of hydrogen-bond acceptors (Lipinski definition) is 3. The van der Waals surface area contributed by atoms with Crippen molar-refractivity contribution in [2.45, 2.75) is 12.8 Å². The van der Waals surface area contributed by atoms with Gasteiger partial charge in [0.05, 0.1) is 12.2 Å². The molecule has 4 nitrogen and oxygen atoms in total. The third-order valence-corrected chi connectivity index (χ3v) is 2.68. The molecule has 0 aliphatic heterocycles. The van der Waals surface area contributed by atoms with Crippen molar-refractivity contribution in [3.8, 4) is 5.88 Å². The van der Waals surface area contributed by atoms with E-state index in [1.54, 1.807) is 0 Å². The molecule has 1 N–H and O–H groups in total. The van der Waals surface area contributed by atoms with E-state index in [9.17, 15) is 4.79 Å². The van der Waals surface area contributed by atoms with E-state index in [1.165, 1.54) is 23.9 Å². The van der Waals surface area contributed by atoms with Crippen LogP contribution in [0.3, 0.4) is 0 Å². The van der Waals surface area contributed by atoms with Crippen molar-refractivity contribution in [3.05, 3.63) is 59.8 Å². The van der Waals surface area contributed by atoms with Gasteiger partial charge in [-0.15, -0.1) is 0 Å². The molecule has 1 heterocycles. The van der Waals surface area contributed by atoms with Gasteiger partial charge in [-0.05, 0) is 24.5 Å². The minimum absolute atomic E-state index is 0.188. The largest absolute Gasteiger partial charge is 0.478 e. The molecule has 0 atom stereocenters. The highest BCUT2D eigenvalue weighted by Crippen LogP contribution is 2.10. The zero-order chi connectivity index (χ0) is 13.5. The average Bonchev–Trinajstić information content (AvgIpc) is 2.45. The van der Waals surface area contributed by atoms with Crippen LogP contribution in [-0.2, 0) is 6.42 Å². The summed E-state index contributed by atoms with van der Waals surface area (Å²) in [7, 11) is 0. The van der Waals surface area contributed by atoms with Gasteiger partial charge in [0, 0.05) is 12.3 Å². The maximum absolute atomic E-state index is 10.8. The molecular formula is C15H15NO3. The molecular weight excluding hydrogens is 242 g/mol. The van der Waals surface area contributed by atoms with Crippen LogP contribution in [0.15, 0.2) is 48.7 Å². The van der Waals surface area contributed by atoms with Gasteiger partial charge >= 0.3 is 5.97 Å². The van der Waals surface area contributed by atoms with Gasteiger partial charge in [0.1, 0.15) is 0 Å². The van der Waals surface area contributed by atoms with Gasteiger partial charge in [-0.25, -0.2) is 9.78 Å². The smallest absolute Gasteiger partial charge is 0.335 e. The highest BCUT2D eigenvalue weighted by atomic mass is 16.5. The number of nitrogens with zero attached hydrogens (tertiary/aromatic N) is 1. The monoisotopic (exact) mass is 257 g/mol. The Morgan fingerprint density at radius 1 is 1.21 bits per heavy atom. The summed E-state index contributed by atoms with van der Waals surface area (Å²) in [5, 5.41) is 8.85. The Bertz CT molecular complexity index is 540. The average molecular weight is 257 g/mol.